The summed E-state index contributed by atoms with van der Waals surface area (Å²) in [6, 6.07) is 0. The quantitative estimate of drug-likeness (QED) is 0.217. The van der Waals surface area contributed by atoms with E-state index in [-0.39, 0.29) is 0 Å². The molecule has 0 radical (unpaired) electrons. The molecule has 0 amide bonds. The van der Waals surface area contributed by atoms with E-state index < -0.39 is 0 Å². The third-order valence-electron chi connectivity index (χ3n) is 3.77. The third-order valence-corrected chi connectivity index (χ3v) is 4.34. The minimum atomic E-state index is 1.17. The molecule has 0 heterocycles. The van der Waals surface area contributed by atoms with Gasteiger partial charge in [0.05, 0.1) is 0 Å². The van der Waals surface area contributed by atoms with Crippen molar-refractivity contribution < 1.29 is 20.1 Å². The van der Waals surface area contributed by atoms with Gasteiger partial charge in [-0.25, -0.2) is 0 Å². The normalized spacial score (nSPS) is 11.6. The van der Waals surface area contributed by atoms with Crippen LogP contribution in [0.2, 0.25) is 0 Å². The van der Waals surface area contributed by atoms with Gasteiger partial charge in [0, 0.05) is 0 Å². The molecule has 0 aliphatic carbocycles. The van der Waals surface area contributed by atoms with Crippen LogP contribution in [0.5, 0.6) is 0 Å². The fourth-order valence-corrected chi connectivity index (χ4v) is 2.83. The van der Waals surface area contributed by atoms with Crippen molar-refractivity contribution in [2.45, 2.75) is 96.8 Å². The molecule has 0 unspecified atom stereocenters. The molecule has 0 aliphatic rings. The van der Waals surface area contributed by atoms with E-state index in [9.17, 15) is 0 Å². The van der Waals surface area contributed by atoms with Crippen LogP contribution in [0.15, 0.2) is 12.2 Å². The van der Waals surface area contributed by atoms with Gasteiger partial charge in [-0.3, -0.25) is 0 Å². The standard InChI is InChI=1S/C18H36N.Pt/c1-2-3-4-5-6-7-8-9-10-11-12-13-14-15-16-17-18-19;/h9-10,19H,2-8,11-18H2,1H3;/q-1;+1/b10-9-;. The van der Waals surface area contributed by atoms with Gasteiger partial charge in [-0.1, -0.05) is 39.0 Å². The van der Waals surface area contributed by atoms with Gasteiger partial charge in [-0.2, -0.15) is 0 Å². The summed E-state index contributed by atoms with van der Waals surface area (Å²) in [5, 5.41) is 0. The van der Waals surface area contributed by atoms with Gasteiger partial charge in [0.2, 0.25) is 0 Å². The average Bonchev–Trinajstić information content (AvgIpc) is 2.47. The van der Waals surface area contributed by atoms with E-state index in [0.717, 1.165) is 0 Å². The maximum atomic E-state index is 3.18. The molecule has 0 aromatic heterocycles. The first-order valence-electron chi connectivity index (χ1n) is 8.87. The molecular weight excluding hydrogens is 425 g/mol. The fraction of sp³-hybridized carbons (Fsp3) is 0.889. The summed E-state index contributed by atoms with van der Waals surface area (Å²) in [6.45, 7) is 3.45. The molecule has 0 rings (SSSR count). The average molecular weight is 462 g/mol. The van der Waals surface area contributed by atoms with Crippen molar-refractivity contribution in [3.63, 3.8) is 0 Å². The van der Waals surface area contributed by atoms with Crippen molar-refractivity contribution >= 4 is 0 Å². The molecule has 20 heavy (non-hydrogen) atoms. The van der Waals surface area contributed by atoms with Crippen LogP contribution in [0.1, 0.15) is 96.8 Å². The van der Waals surface area contributed by atoms with Crippen molar-refractivity contribution in [3.8, 4) is 0 Å². The van der Waals surface area contributed by atoms with Crippen LogP contribution >= 0.6 is 0 Å². The molecule has 123 valence electrons. The first kappa shape index (κ1) is 20.4. The van der Waals surface area contributed by atoms with Crippen molar-refractivity contribution in [2.24, 2.45) is 0 Å². The SMILES string of the molecule is CCCCCCCC/C=C\CCCCCCCC[NH][Pt]. The molecule has 0 saturated carbocycles. The van der Waals surface area contributed by atoms with Crippen LogP contribution in [0.4, 0.5) is 0 Å². The summed E-state index contributed by atoms with van der Waals surface area (Å²) in [7, 11) is 0. The second-order valence-corrected chi connectivity index (χ2v) is 6.60. The summed E-state index contributed by atoms with van der Waals surface area (Å²) in [5.41, 5.74) is 0. The summed E-state index contributed by atoms with van der Waals surface area (Å²) in [6.07, 6.45) is 24.3. The zero-order chi connectivity index (χ0) is 14.7. The van der Waals surface area contributed by atoms with Gasteiger partial charge in [-0.05, 0) is 6.42 Å². The van der Waals surface area contributed by atoms with E-state index in [4.69, 9.17) is 0 Å². The number of unbranched alkanes of at least 4 members (excludes halogenated alkanes) is 12. The Morgan fingerprint density at radius 1 is 0.650 bits per heavy atom. The number of rotatable bonds is 16. The van der Waals surface area contributed by atoms with Crippen molar-refractivity contribution in [1.29, 1.82) is 0 Å². The Hall–Kier alpha value is 0.388. The first-order chi connectivity index (χ1) is 9.91. The van der Waals surface area contributed by atoms with Crippen LogP contribution < -0.4 is 3.88 Å². The predicted molar refractivity (Wildman–Crippen MR) is 87.5 cm³/mol. The topological polar surface area (TPSA) is 12.0 Å². The van der Waals surface area contributed by atoms with Gasteiger partial charge < -0.3 is 0 Å². The Kier molecular flexibility index (Phi) is 19.8. The molecule has 0 fully saturated rings. The summed E-state index contributed by atoms with van der Waals surface area (Å²) >= 11 is 2.22. The second kappa shape index (κ2) is 19.4. The van der Waals surface area contributed by atoms with Gasteiger partial charge in [0.15, 0.2) is 0 Å². The minimum absolute atomic E-state index is 1.17. The Labute approximate surface area is 139 Å². The Bertz CT molecular complexity index is 192. The molecule has 0 bridgehead atoms. The molecule has 0 aromatic carbocycles. The molecule has 0 saturated heterocycles. The van der Waals surface area contributed by atoms with E-state index in [2.05, 4.69) is 43.0 Å². The summed E-state index contributed by atoms with van der Waals surface area (Å²) in [4.78, 5) is 0. The Balaban J connectivity index is 3.01. The van der Waals surface area contributed by atoms with Gasteiger partial charge in [-0.15, -0.1) is 0 Å². The first-order valence-corrected chi connectivity index (χ1v) is 10.0. The molecular formula is C18H36NPt. The van der Waals surface area contributed by atoms with E-state index in [1.807, 2.05) is 0 Å². The van der Waals surface area contributed by atoms with Crippen LogP contribution in [0, 0.1) is 0 Å². The fourth-order valence-electron chi connectivity index (χ4n) is 2.43. The van der Waals surface area contributed by atoms with Gasteiger partial charge in [0.25, 0.3) is 0 Å². The third kappa shape index (κ3) is 18.4. The van der Waals surface area contributed by atoms with Crippen LogP contribution in [-0.4, -0.2) is 6.54 Å². The number of hydrogen-bond acceptors (Lipinski definition) is 1. The van der Waals surface area contributed by atoms with Crippen LogP contribution in [0.3, 0.4) is 0 Å². The van der Waals surface area contributed by atoms with Crippen molar-refractivity contribution in [3.05, 3.63) is 12.2 Å². The molecule has 0 spiro atoms. The van der Waals surface area contributed by atoms with Crippen LogP contribution in [-0.2, 0) is 20.1 Å². The van der Waals surface area contributed by atoms with E-state index in [0.29, 0.717) is 0 Å². The van der Waals surface area contributed by atoms with Gasteiger partial charge in [0.1, 0.15) is 0 Å². The molecule has 0 aliphatic heterocycles. The number of allylic oxidation sites excluding steroid dienone is 2. The molecule has 2 heteroatoms. The van der Waals surface area contributed by atoms with E-state index in [1.165, 1.54) is 96.4 Å². The Morgan fingerprint density at radius 3 is 1.60 bits per heavy atom. The van der Waals surface area contributed by atoms with Gasteiger partial charge >= 0.3 is 94.0 Å². The predicted octanol–water partition coefficient (Wildman–Crippen LogP) is 6.08. The zero-order valence-corrected chi connectivity index (χ0v) is 15.8. The molecule has 1 nitrogen and oxygen atoms in total. The number of nitrogens with one attached hydrogen (secondary N) is 1. The maximum absolute atomic E-state index is 3.18. The molecule has 0 aromatic rings. The van der Waals surface area contributed by atoms with E-state index >= 15 is 0 Å². The summed E-state index contributed by atoms with van der Waals surface area (Å²) < 4.78 is 3.18. The zero-order valence-electron chi connectivity index (χ0n) is 13.6. The summed E-state index contributed by atoms with van der Waals surface area (Å²) in [5.74, 6) is 0. The number of hydrogen-bond donors (Lipinski definition) is 1. The molecule has 1 N–H and O–H groups in total. The second-order valence-electron chi connectivity index (χ2n) is 5.80. The Morgan fingerprint density at radius 2 is 1.10 bits per heavy atom. The van der Waals surface area contributed by atoms with Crippen LogP contribution in [0.25, 0.3) is 0 Å². The van der Waals surface area contributed by atoms with Crippen molar-refractivity contribution in [1.82, 2.24) is 3.88 Å². The molecule has 0 atom stereocenters. The van der Waals surface area contributed by atoms with E-state index in [1.54, 1.807) is 0 Å². The monoisotopic (exact) mass is 461 g/mol. The van der Waals surface area contributed by atoms with Crippen molar-refractivity contribution in [2.75, 3.05) is 6.54 Å².